The lowest BCUT2D eigenvalue weighted by atomic mass is 10.0. The van der Waals surface area contributed by atoms with Crippen LogP contribution in [0, 0.1) is 0 Å². The van der Waals surface area contributed by atoms with Crippen molar-refractivity contribution in [3.63, 3.8) is 0 Å². The van der Waals surface area contributed by atoms with Gasteiger partial charge in [-0.3, -0.25) is 14.8 Å². The van der Waals surface area contributed by atoms with E-state index in [2.05, 4.69) is 29.9 Å². The summed E-state index contributed by atoms with van der Waals surface area (Å²) in [6.07, 6.45) is 4.44. The molecule has 2 aromatic heterocycles. The summed E-state index contributed by atoms with van der Waals surface area (Å²) >= 11 is 1.34. The predicted octanol–water partition coefficient (Wildman–Crippen LogP) is 2.55. The third-order valence-electron chi connectivity index (χ3n) is 5.83. The zero-order valence-corrected chi connectivity index (χ0v) is 22.9. The quantitative estimate of drug-likeness (QED) is 0.223. The average molecular weight is 583 g/mol. The van der Waals surface area contributed by atoms with Crippen molar-refractivity contribution >= 4 is 33.5 Å². The molecule has 4 aromatic rings. The van der Waals surface area contributed by atoms with Crippen molar-refractivity contribution in [2.24, 2.45) is 5.90 Å². The lowest BCUT2D eigenvalue weighted by Gasteiger charge is -2.23. The average Bonchev–Trinajstić information content (AvgIpc) is 3.48. The SMILES string of the molecule is COC(=O)N[C@@H](Cc1ccccc1)C(=O)N[C@@H](Cc1ccc(S(=O)(=O)ON)cc1)c1csc(-c2cnccn2)n1. The zero-order chi connectivity index (χ0) is 28.5. The lowest BCUT2D eigenvalue weighted by Crippen LogP contribution is -2.49. The van der Waals surface area contributed by atoms with E-state index in [9.17, 15) is 18.0 Å². The number of carbonyl (C=O) groups is 2. The summed E-state index contributed by atoms with van der Waals surface area (Å²) in [6.45, 7) is 0. The van der Waals surface area contributed by atoms with Gasteiger partial charge in [0.2, 0.25) is 5.91 Å². The Balaban J connectivity index is 1.62. The van der Waals surface area contributed by atoms with Crippen LogP contribution in [-0.2, 0) is 36.8 Å². The molecule has 14 heteroatoms. The smallest absolute Gasteiger partial charge is 0.407 e. The van der Waals surface area contributed by atoms with Gasteiger partial charge in [-0.25, -0.2) is 9.78 Å². The van der Waals surface area contributed by atoms with Crippen LogP contribution in [-0.4, -0.2) is 48.5 Å². The highest BCUT2D eigenvalue weighted by Crippen LogP contribution is 2.27. The first-order valence-electron chi connectivity index (χ1n) is 11.9. The number of nitrogens with two attached hydrogens (primary N) is 1. The van der Waals surface area contributed by atoms with Crippen molar-refractivity contribution in [1.29, 1.82) is 0 Å². The van der Waals surface area contributed by atoms with E-state index in [-0.39, 0.29) is 17.7 Å². The van der Waals surface area contributed by atoms with Gasteiger partial charge in [0.1, 0.15) is 16.7 Å². The van der Waals surface area contributed by atoms with E-state index in [1.807, 2.05) is 30.3 Å². The van der Waals surface area contributed by atoms with Gasteiger partial charge in [0.15, 0.2) is 0 Å². The van der Waals surface area contributed by atoms with Gasteiger partial charge in [0, 0.05) is 24.2 Å². The summed E-state index contributed by atoms with van der Waals surface area (Å²) < 4.78 is 32.6. The minimum Gasteiger partial charge on any atom is -0.453 e. The zero-order valence-electron chi connectivity index (χ0n) is 21.3. The largest absolute Gasteiger partial charge is 0.453 e. The van der Waals surface area contributed by atoms with E-state index in [0.29, 0.717) is 22.0 Å². The van der Waals surface area contributed by atoms with Gasteiger partial charge in [-0.15, -0.1) is 11.3 Å². The number of amides is 2. The molecule has 40 heavy (non-hydrogen) atoms. The van der Waals surface area contributed by atoms with Gasteiger partial charge < -0.3 is 15.4 Å². The van der Waals surface area contributed by atoms with Gasteiger partial charge >= 0.3 is 16.2 Å². The highest BCUT2D eigenvalue weighted by atomic mass is 32.2. The fourth-order valence-electron chi connectivity index (χ4n) is 3.82. The van der Waals surface area contributed by atoms with Crippen LogP contribution in [0.4, 0.5) is 4.79 Å². The molecule has 0 fully saturated rings. The fraction of sp³-hybridized carbons (Fsp3) is 0.192. The van der Waals surface area contributed by atoms with E-state index in [1.165, 1.54) is 30.6 Å². The van der Waals surface area contributed by atoms with Crippen molar-refractivity contribution < 1.29 is 27.0 Å². The van der Waals surface area contributed by atoms with Crippen LogP contribution in [0.2, 0.25) is 0 Å². The van der Waals surface area contributed by atoms with E-state index >= 15 is 0 Å². The second-order valence-electron chi connectivity index (χ2n) is 8.51. The molecule has 2 atom stereocenters. The molecular formula is C26H26N6O6S2. The predicted molar refractivity (Wildman–Crippen MR) is 146 cm³/mol. The maximum absolute atomic E-state index is 13.5. The number of thiazole rings is 1. The molecule has 4 rings (SSSR count). The normalized spacial score (nSPS) is 12.8. The fourth-order valence-corrected chi connectivity index (χ4v) is 5.23. The van der Waals surface area contributed by atoms with Crippen LogP contribution in [0.3, 0.4) is 0 Å². The lowest BCUT2D eigenvalue weighted by molar-refractivity contribution is -0.123. The number of carbonyl (C=O) groups excluding carboxylic acids is 2. The summed E-state index contributed by atoms with van der Waals surface area (Å²) in [5.74, 6) is 4.42. The van der Waals surface area contributed by atoms with Crippen molar-refractivity contribution in [2.75, 3.05) is 7.11 Å². The Bertz CT molecular complexity index is 1530. The number of hydrogen-bond acceptors (Lipinski definition) is 11. The van der Waals surface area contributed by atoms with Crippen LogP contribution in [0.1, 0.15) is 22.9 Å². The Morgan fingerprint density at radius 1 is 1.00 bits per heavy atom. The van der Waals surface area contributed by atoms with Crippen LogP contribution in [0.15, 0.2) is 83.5 Å². The molecule has 12 nitrogen and oxygen atoms in total. The first kappa shape index (κ1) is 28.8. The van der Waals surface area contributed by atoms with Crippen molar-refractivity contribution in [3.8, 4) is 10.7 Å². The minimum atomic E-state index is -4.06. The summed E-state index contributed by atoms with van der Waals surface area (Å²) in [4.78, 5) is 38.5. The molecule has 0 aliphatic heterocycles. The molecule has 2 heterocycles. The topological polar surface area (TPSA) is 175 Å². The second kappa shape index (κ2) is 13.2. The van der Waals surface area contributed by atoms with Gasteiger partial charge in [0.25, 0.3) is 0 Å². The molecule has 0 aliphatic carbocycles. The third kappa shape index (κ3) is 7.45. The molecule has 0 radical (unpaired) electrons. The molecule has 4 N–H and O–H groups in total. The molecular weight excluding hydrogens is 556 g/mol. The third-order valence-corrected chi connectivity index (χ3v) is 7.82. The van der Waals surface area contributed by atoms with Gasteiger partial charge in [-0.05, 0) is 29.7 Å². The summed E-state index contributed by atoms with van der Waals surface area (Å²) in [6, 6.07) is 13.6. The Hall–Kier alpha value is -4.24. The molecule has 0 saturated carbocycles. The van der Waals surface area contributed by atoms with Gasteiger partial charge in [0.05, 0.1) is 29.9 Å². The van der Waals surface area contributed by atoms with Crippen molar-refractivity contribution in [1.82, 2.24) is 25.6 Å². The molecule has 0 aliphatic rings. The highest BCUT2D eigenvalue weighted by Gasteiger charge is 2.27. The Morgan fingerprint density at radius 2 is 1.73 bits per heavy atom. The number of benzene rings is 2. The van der Waals surface area contributed by atoms with Crippen LogP contribution >= 0.6 is 11.3 Å². The minimum absolute atomic E-state index is 0.108. The second-order valence-corrected chi connectivity index (χ2v) is 10.9. The maximum Gasteiger partial charge on any atom is 0.407 e. The number of nitrogens with zero attached hydrogens (tertiary/aromatic N) is 3. The Morgan fingerprint density at radius 3 is 2.38 bits per heavy atom. The molecule has 0 bridgehead atoms. The molecule has 0 unspecified atom stereocenters. The maximum atomic E-state index is 13.5. The van der Waals surface area contributed by atoms with E-state index in [0.717, 1.165) is 5.56 Å². The van der Waals surface area contributed by atoms with Crippen LogP contribution in [0.25, 0.3) is 10.7 Å². The van der Waals surface area contributed by atoms with Crippen molar-refractivity contribution in [2.45, 2.75) is 29.8 Å². The first-order valence-corrected chi connectivity index (χ1v) is 14.2. The Labute approximate surface area is 234 Å². The first-order chi connectivity index (χ1) is 19.3. The molecule has 208 valence electrons. The number of methoxy groups -OCH3 is 1. The number of alkyl carbamates (subject to hydrolysis) is 1. The summed E-state index contributed by atoms with van der Waals surface area (Å²) in [7, 11) is -2.84. The number of hydrogen-bond donors (Lipinski definition) is 3. The number of nitrogens with one attached hydrogen (secondary N) is 2. The summed E-state index contributed by atoms with van der Waals surface area (Å²) in [5.41, 5.74) is 2.68. The summed E-state index contributed by atoms with van der Waals surface area (Å²) in [5, 5.41) is 7.99. The number of rotatable bonds is 11. The molecule has 0 saturated heterocycles. The number of ether oxygens (including phenoxy) is 1. The van der Waals surface area contributed by atoms with Gasteiger partial charge in [-0.1, -0.05) is 42.5 Å². The van der Waals surface area contributed by atoms with E-state index in [1.54, 1.807) is 36.1 Å². The van der Waals surface area contributed by atoms with Crippen molar-refractivity contribution in [3.05, 3.63) is 95.4 Å². The van der Waals surface area contributed by atoms with Crippen LogP contribution < -0.4 is 16.5 Å². The number of aromatic nitrogens is 3. The molecule has 2 aromatic carbocycles. The molecule has 2 amide bonds. The van der Waals surface area contributed by atoms with Crippen LogP contribution in [0.5, 0.6) is 0 Å². The Kier molecular flexibility index (Phi) is 9.50. The monoisotopic (exact) mass is 582 g/mol. The van der Waals surface area contributed by atoms with Gasteiger partial charge in [-0.2, -0.15) is 18.6 Å². The highest BCUT2D eigenvalue weighted by molar-refractivity contribution is 7.86. The molecule has 0 spiro atoms. The van der Waals surface area contributed by atoms with E-state index < -0.39 is 34.2 Å². The van der Waals surface area contributed by atoms with E-state index in [4.69, 9.17) is 10.6 Å². The standard InChI is InChI=1S/C26H26N6O6S2/c1-37-26(34)32-21(14-17-5-3-2-4-6-17)24(33)30-20(13-18-7-9-19(10-8-18)40(35,36)38-27)23-16-39-25(31-23)22-15-28-11-12-29-22/h2-12,15-16,20-21H,13-14,27H2,1H3,(H,30,33)(H,32,34)/t20-,21-/m0/s1.